The molecule has 0 radical (unpaired) electrons. The standard InChI is InChI=1S/C19H34N6O2.HI/c1-6-20-19(22-13-17-23-14(2)15(3)27-17)21-10-8-12-25-11-7-9-16(25)18(26)24(4)5;/h16H,6-13H2,1-5H3,(H2,20,21,22);1H. The fourth-order valence-corrected chi connectivity index (χ4v) is 3.26. The third-order valence-corrected chi connectivity index (χ3v) is 4.79. The first-order valence-corrected chi connectivity index (χ1v) is 9.82. The summed E-state index contributed by atoms with van der Waals surface area (Å²) in [6.45, 7) is 9.80. The van der Waals surface area contributed by atoms with Gasteiger partial charge in [0.2, 0.25) is 11.8 Å². The van der Waals surface area contributed by atoms with Crippen molar-refractivity contribution in [1.29, 1.82) is 0 Å². The number of amides is 1. The molecule has 1 unspecified atom stereocenters. The van der Waals surface area contributed by atoms with Crippen LogP contribution in [-0.4, -0.2) is 73.0 Å². The van der Waals surface area contributed by atoms with Crippen LogP contribution in [0.25, 0.3) is 0 Å². The van der Waals surface area contributed by atoms with Crippen LogP contribution in [0.2, 0.25) is 0 Å². The van der Waals surface area contributed by atoms with E-state index in [2.05, 4.69) is 25.5 Å². The molecule has 9 heteroatoms. The van der Waals surface area contributed by atoms with Crippen LogP contribution in [-0.2, 0) is 11.3 Å². The van der Waals surface area contributed by atoms with Crippen LogP contribution in [0.3, 0.4) is 0 Å². The van der Waals surface area contributed by atoms with Gasteiger partial charge in [-0.25, -0.2) is 9.98 Å². The molecule has 1 aromatic rings. The van der Waals surface area contributed by atoms with Gasteiger partial charge >= 0.3 is 0 Å². The molecule has 1 aromatic heterocycles. The number of nitrogens with zero attached hydrogens (tertiary/aromatic N) is 4. The maximum atomic E-state index is 12.3. The number of nitrogens with one attached hydrogen (secondary N) is 2. The molecule has 2 rings (SSSR count). The maximum absolute atomic E-state index is 12.3. The average molecular weight is 506 g/mol. The second-order valence-corrected chi connectivity index (χ2v) is 7.15. The lowest BCUT2D eigenvalue weighted by molar-refractivity contribution is -0.133. The summed E-state index contributed by atoms with van der Waals surface area (Å²) in [5, 5.41) is 6.59. The van der Waals surface area contributed by atoms with Crippen LogP contribution in [0.1, 0.15) is 43.5 Å². The topological polar surface area (TPSA) is 86.0 Å². The lowest BCUT2D eigenvalue weighted by Crippen LogP contribution is -2.44. The first kappa shape index (κ1) is 24.7. The van der Waals surface area contributed by atoms with Crippen molar-refractivity contribution >= 4 is 35.8 Å². The van der Waals surface area contributed by atoms with Gasteiger partial charge in [0.1, 0.15) is 12.3 Å². The van der Waals surface area contributed by atoms with E-state index in [-0.39, 0.29) is 35.9 Å². The summed E-state index contributed by atoms with van der Waals surface area (Å²) in [6.07, 6.45) is 3.01. The molecule has 2 N–H and O–H groups in total. The molecule has 0 aromatic carbocycles. The Bertz CT molecular complexity index is 627. The average Bonchev–Trinajstić information content (AvgIpc) is 3.22. The van der Waals surface area contributed by atoms with Gasteiger partial charge in [-0.1, -0.05) is 0 Å². The lowest BCUT2D eigenvalue weighted by Gasteiger charge is -2.26. The molecular formula is C19H35IN6O2. The Hall–Kier alpha value is -1.36. The number of likely N-dealkylation sites (N-methyl/N-ethyl adjacent to an activating group) is 1. The number of halogens is 1. The van der Waals surface area contributed by atoms with E-state index in [0.29, 0.717) is 12.4 Å². The van der Waals surface area contributed by atoms with E-state index in [4.69, 9.17) is 4.42 Å². The van der Waals surface area contributed by atoms with Gasteiger partial charge in [0.15, 0.2) is 5.96 Å². The van der Waals surface area contributed by atoms with Crippen LogP contribution in [0.15, 0.2) is 9.41 Å². The van der Waals surface area contributed by atoms with Crippen LogP contribution in [0.4, 0.5) is 0 Å². The molecule has 160 valence electrons. The zero-order valence-electron chi connectivity index (χ0n) is 17.7. The monoisotopic (exact) mass is 506 g/mol. The molecule has 1 aliphatic rings. The number of aliphatic imine (C=N–C) groups is 1. The van der Waals surface area contributed by atoms with Gasteiger partial charge in [0.25, 0.3) is 0 Å². The maximum Gasteiger partial charge on any atom is 0.239 e. The Labute approximate surface area is 185 Å². The van der Waals surface area contributed by atoms with Gasteiger partial charge in [0.05, 0.1) is 11.7 Å². The third-order valence-electron chi connectivity index (χ3n) is 4.79. The number of hydrogen-bond acceptors (Lipinski definition) is 5. The zero-order chi connectivity index (χ0) is 19.8. The molecule has 1 amide bonds. The molecule has 0 saturated carbocycles. The zero-order valence-corrected chi connectivity index (χ0v) is 20.1. The number of likely N-dealkylation sites (tertiary alicyclic amines) is 1. The number of aryl methyl sites for hydroxylation is 2. The minimum Gasteiger partial charge on any atom is -0.444 e. The summed E-state index contributed by atoms with van der Waals surface area (Å²) in [7, 11) is 3.66. The summed E-state index contributed by atoms with van der Waals surface area (Å²) in [5.41, 5.74) is 0.908. The molecule has 1 atom stereocenters. The smallest absolute Gasteiger partial charge is 0.239 e. The fraction of sp³-hybridized carbons (Fsp3) is 0.737. The molecule has 0 bridgehead atoms. The predicted molar refractivity (Wildman–Crippen MR) is 122 cm³/mol. The van der Waals surface area contributed by atoms with E-state index in [9.17, 15) is 4.79 Å². The van der Waals surface area contributed by atoms with Crippen molar-refractivity contribution in [1.82, 2.24) is 25.4 Å². The normalized spacial score (nSPS) is 17.3. The predicted octanol–water partition coefficient (Wildman–Crippen LogP) is 1.91. The number of guanidine groups is 1. The van der Waals surface area contributed by atoms with Crippen molar-refractivity contribution in [3.8, 4) is 0 Å². The Morgan fingerprint density at radius 1 is 1.36 bits per heavy atom. The van der Waals surface area contributed by atoms with Crippen LogP contribution in [0, 0.1) is 13.8 Å². The summed E-state index contributed by atoms with van der Waals surface area (Å²) in [5.74, 6) is 2.44. The Balaban J connectivity index is 0.00000392. The first-order chi connectivity index (χ1) is 12.9. The summed E-state index contributed by atoms with van der Waals surface area (Å²) >= 11 is 0. The first-order valence-electron chi connectivity index (χ1n) is 9.82. The van der Waals surface area contributed by atoms with Gasteiger partial charge in [-0.3, -0.25) is 9.69 Å². The molecule has 2 heterocycles. The summed E-state index contributed by atoms with van der Waals surface area (Å²) < 4.78 is 5.57. The summed E-state index contributed by atoms with van der Waals surface area (Å²) in [4.78, 5) is 25.1. The van der Waals surface area contributed by atoms with Crippen molar-refractivity contribution in [2.24, 2.45) is 4.99 Å². The number of carbonyl (C=O) groups excluding carboxylic acids is 1. The van der Waals surface area contributed by atoms with E-state index in [1.165, 1.54) is 0 Å². The Morgan fingerprint density at radius 2 is 2.11 bits per heavy atom. The highest BCUT2D eigenvalue weighted by Gasteiger charge is 2.30. The van der Waals surface area contributed by atoms with E-state index in [1.54, 1.807) is 4.90 Å². The van der Waals surface area contributed by atoms with Gasteiger partial charge in [-0.05, 0) is 46.6 Å². The highest BCUT2D eigenvalue weighted by Crippen LogP contribution is 2.18. The van der Waals surface area contributed by atoms with E-state index in [0.717, 1.165) is 62.9 Å². The van der Waals surface area contributed by atoms with Crippen molar-refractivity contribution in [2.45, 2.75) is 52.6 Å². The highest BCUT2D eigenvalue weighted by atomic mass is 127. The Kier molecular flexibility index (Phi) is 10.8. The van der Waals surface area contributed by atoms with E-state index in [1.807, 2.05) is 34.9 Å². The SMILES string of the molecule is CCNC(=NCc1nc(C)c(C)o1)NCCCN1CCCC1C(=O)N(C)C.I. The minimum atomic E-state index is 0. The van der Waals surface area contributed by atoms with Gasteiger partial charge in [-0.15, -0.1) is 24.0 Å². The lowest BCUT2D eigenvalue weighted by atomic mass is 10.2. The quantitative estimate of drug-likeness (QED) is 0.243. The molecular weight excluding hydrogens is 471 g/mol. The largest absolute Gasteiger partial charge is 0.444 e. The van der Waals surface area contributed by atoms with Crippen molar-refractivity contribution < 1.29 is 9.21 Å². The molecule has 28 heavy (non-hydrogen) atoms. The van der Waals surface area contributed by atoms with Crippen molar-refractivity contribution in [2.75, 3.05) is 40.3 Å². The third kappa shape index (κ3) is 7.23. The second-order valence-electron chi connectivity index (χ2n) is 7.15. The van der Waals surface area contributed by atoms with Gasteiger partial charge < -0.3 is 20.0 Å². The molecule has 1 aliphatic heterocycles. The highest BCUT2D eigenvalue weighted by molar-refractivity contribution is 14.0. The van der Waals surface area contributed by atoms with E-state index >= 15 is 0 Å². The minimum absolute atomic E-state index is 0. The number of rotatable bonds is 8. The molecule has 1 saturated heterocycles. The number of oxazole rings is 1. The van der Waals surface area contributed by atoms with Crippen LogP contribution < -0.4 is 10.6 Å². The van der Waals surface area contributed by atoms with Gasteiger partial charge in [0, 0.05) is 33.7 Å². The van der Waals surface area contributed by atoms with Crippen LogP contribution in [0.5, 0.6) is 0 Å². The fourth-order valence-electron chi connectivity index (χ4n) is 3.26. The Morgan fingerprint density at radius 3 is 2.71 bits per heavy atom. The summed E-state index contributed by atoms with van der Waals surface area (Å²) in [6, 6.07) is 0.0402. The second kappa shape index (κ2) is 12.3. The van der Waals surface area contributed by atoms with Gasteiger partial charge in [-0.2, -0.15) is 0 Å². The number of aromatic nitrogens is 1. The van der Waals surface area contributed by atoms with Crippen molar-refractivity contribution in [3.05, 3.63) is 17.3 Å². The molecule has 1 fully saturated rings. The van der Waals surface area contributed by atoms with E-state index < -0.39 is 0 Å². The molecule has 0 spiro atoms. The number of carbonyl (C=O) groups is 1. The molecule has 0 aliphatic carbocycles. The van der Waals surface area contributed by atoms with Crippen molar-refractivity contribution in [3.63, 3.8) is 0 Å². The van der Waals surface area contributed by atoms with Crippen LogP contribution >= 0.6 is 24.0 Å². The number of hydrogen-bond donors (Lipinski definition) is 2. The molecule has 8 nitrogen and oxygen atoms in total.